The first-order valence-corrected chi connectivity index (χ1v) is 5.51. The first kappa shape index (κ1) is 12.9. The van der Waals surface area contributed by atoms with E-state index in [4.69, 9.17) is 11.6 Å². The second kappa shape index (κ2) is 5.81. The maximum atomic E-state index is 11.6. The van der Waals surface area contributed by atoms with E-state index in [1.54, 1.807) is 0 Å². The number of aromatic nitrogens is 1. The van der Waals surface area contributed by atoms with Gasteiger partial charge in [0.2, 0.25) is 5.91 Å². The summed E-state index contributed by atoms with van der Waals surface area (Å²) in [6.07, 6.45) is 1.48. The first-order chi connectivity index (χ1) is 7.54. The lowest BCUT2D eigenvalue weighted by Gasteiger charge is -2.05. The number of nitrogens with one attached hydrogen (secondary N) is 2. The number of hydrogen-bond donors (Lipinski definition) is 2. The predicted octanol–water partition coefficient (Wildman–Crippen LogP) is 0.973. The molecule has 86 valence electrons. The Bertz CT molecular complexity index is 425. The van der Waals surface area contributed by atoms with Gasteiger partial charge in [-0.15, -0.1) is 0 Å². The molecule has 2 amide bonds. The lowest BCUT2D eigenvalue weighted by atomic mass is 10.2. The molecule has 1 aromatic heterocycles. The van der Waals surface area contributed by atoms with Crippen molar-refractivity contribution in [2.45, 2.75) is 0 Å². The molecule has 2 N–H and O–H groups in total. The van der Waals surface area contributed by atoms with Gasteiger partial charge in [-0.2, -0.15) is 0 Å². The molecule has 0 fully saturated rings. The van der Waals surface area contributed by atoms with Crippen molar-refractivity contribution < 1.29 is 9.59 Å². The summed E-state index contributed by atoms with van der Waals surface area (Å²) in [7, 11) is 1.49. The molecule has 0 spiro atoms. The van der Waals surface area contributed by atoms with Crippen LogP contribution >= 0.6 is 27.5 Å². The number of amides is 2. The Morgan fingerprint density at radius 3 is 2.88 bits per heavy atom. The maximum absolute atomic E-state index is 11.6. The molecule has 0 aromatic carbocycles. The standard InChI is InChI=1S/C9H9BrClN3O2/c1-12-7(15)4-14-9(16)6-2-5(10)3-13-8(6)11/h2-3H,4H2,1H3,(H,12,15)(H,14,16). The van der Waals surface area contributed by atoms with Gasteiger partial charge in [-0.25, -0.2) is 4.98 Å². The molecule has 0 aliphatic rings. The van der Waals surface area contributed by atoms with Crippen molar-refractivity contribution in [3.05, 3.63) is 27.5 Å². The molecule has 16 heavy (non-hydrogen) atoms. The average Bonchev–Trinajstić information content (AvgIpc) is 2.28. The van der Waals surface area contributed by atoms with Crippen molar-refractivity contribution in [3.8, 4) is 0 Å². The van der Waals surface area contributed by atoms with Crippen molar-refractivity contribution in [2.24, 2.45) is 0 Å². The third kappa shape index (κ3) is 3.46. The molecular formula is C9H9BrClN3O2. The average molecular weight is 307 g/mol. The van der Waals surface area contributed by atoms with Gasteiger partial charge in [0.15, 0.2) is 0 Å². The number of likely N-dealkylation sites (N-methyl/N-ethyl adjacent to an activating group) is 1. The van der Waals surface area contributed by atoms with Crippen LogP contribution in [-0.4, -0.2) is 30.4 Å². The summed E-state index contributed by atoms with van der Waals surface area (Å²) >= 11 is 8.92. The van der Waals surface area contributed by atoms with Gasteiger partial charge in [0.1, 0.15) is 5.15 Å². The Morgan fingerprint density at radius 1 is 1.56 bits per heavy atom. The van der Waals surface area contributed by atoms with Gasteiger partial charge in [0.05, 0.1) is 12.1 Å². The first-order valence-electron chi connectivity index (χ1n) is 4.34. The van der Waals surface area contributed by atoms with Gasteiger partial charge in [-0.3, -0.25) is 9.59 Å². The summed E-state index contributed by atoms with van der Waals surface area (Å²) < 4.78 is 0.641. The van der Waals surface area contributed by atoms with Crippen LogP contribution in [0.3, 0.4) is 0 Å². The summed E-state index contributed by atoms with van der Waals surface area (Å²) in [5, 5.41) is 4.90. The zero-order valence-electron chi connectivity index (χ0n) is 8.38. The van der Waals surface area contributed by atoms with E-state index in [2.05, 4.69) is 31.5 Å². The molecule has 0 saturated heterocycles. The number of nitrogens with zero attached hydrogens (tertiary/aromatic N) is 1. The molecule has 1 heterocycles. The van der Waals surface area contributed by atoms with Gasteiger partial charge < -0.3 is 10.6 Å². The van der Waals surface area contributed by atoms with Crippen LogP contribution in [-0.2, 0) is 4.79 Å². The van der Waals surface area contributed by atoms with Gasteiger partial charge in [-0.05, 0) is 22.0 Å². The molecule has 5 nitrogen and oxygen atoms in total. The summed E-state index contributed by atoms with van der Waals surface area (Å²) in [4.78, 5) is 26.3. The molecule has 0 aliphatic carbocycles. The Hall–Kier alpha value is -1.14. The highest BCUT2D eigenvalue weighted by Gasteiger charge is 2.12. The van der Waals surface area contributed by atoms with Crippen LogP contribution in [0.1, 0.15) is 10.4 Å². The monoisotopic (exact) mass is 305 g/mol. The Balaban J connectivity index is 2.73. The topological polar surface area (TPSA) is 71.1 Å². The fraction of sp³-hybridized carbons (Fsp3) is 0.222. The van der Waals surface area contributed by atoms with Crippen LogP contribution in [0.2, 0.25) is 5.15 Å². The number of carbonyl (C=O) groups excluding carboxylic acids is 2. The van der Waals surface area contributed by atoms with E-state index in [1.165, 1.54) is 19.3 Å². The van der Waals surface area contributed by atoms with Crippen LogP contribution in [0, 0.1) is 0 Å². The molecule has 1 rings (SSSR count). The summed E-state index contributed by atoms with van der Waals surface area (Å²) in [6, 6.07) is 1.54. The van der Waals surface area contributed by atoms with E-state index in [9.17, 15) is 9.59 Å². The van der Waals surface area contributed by atoms with Gasteiger partial charge in [0, 0.05) is 17.7 Å². The van der Waals surface area contributed by atoms with Crippen molar-refractivity contribution >= 4 is 39.3 Å². The van der Waals surface area contributed by atoms with E-state index >= 15 is 0 Å². The highest BCUT2D eigenvalue weighted by Crippen LogP contribution is 2.17. The van der Waals surface area contributed by atoms with Crippen LogP contribution in [0.15, 0.2) is 16.7 Å². The quantitative estimate of drug-likeness (QED) is 0.818. The minimum atomic E-state index is -0.442. The largest absolute Gasteiger partial charge is 0.358 e. The van der Waals surface area contributed by atoms with Crippen LogP contribution in [0.5, 0.6) is 0 Å². The summed E-state index contributed by atoms with van der Waals surface area (Å²) in [6.45, 7) is -0.0990. The van der Waals surface area contributed by atoms with E-state index in [1.807, 2.05) is 0 Å². The number of rotatable bonds is 3. The SMILES string of the molecule is CNC(=O)CNC(=O)c1cc(Br)cnc1Cl. The predicted molar refractivity (Wildman–Crippen MR) is 63.3 cm³/mol. The molecule has 0 atom stereocenters. The molecule has 0 saturated carbocycles. The van der Waals surface area contributed by atoms with Crippen LogP contribution < -0.4 is 10.6 Å². The smallest absolute Gasteiger partial charge is 0.254 e. The molecule has 0 aliphatic heterocycles. The lowest BCUT2D eigenvalue weighted by Crippen LogP contribution is -2.35. The number of hydrogen-bond acceptors (Lipinski definition) is 3. The van der Waals surface area contributed by atoms with Gasteiger partial charge >= 0.3 is 0 Å². The lowest BCUT2D eigenvalue weighted by molar-refractivity contribution is -0.119. The second-order valence-electron chi connectivity index (χ2n) is 2.85. The van der Waals surface area contributed by atoms with Crippen molar-refractivity contribution in [1.29, 1.82) is 0 Å². The van der Waals surface area contributed by atoms with Crippen LogP contribution in [0.25, 0.3) is 0 Å². The summed E-state index contributed by atoms with van der Waals surface area (Å²) in [5.74, 6) is -0.727. The van der Waals surface area contributed by atoms with Crippen molar-refractivity contribution in [2.75, 3.05) is 13.6 Å². The van der Waals surface area contributed by atoms with E-state index in [-0.39, 0.29) is 23.2 Å². The minimum Gasteiger partial charge on any atom is -0.358 e. The zero-order chi connectivity index (χ0) is 12.1. The highest BCUT2D eigenvalue weighted by atomic mass is 79.9. The minimum absolute atomic E-state index is 0.0950. The zero-order valence-corrected chi connectivity index (χ0v) is 10.7. The molecule has 7 heteroatoms. The van der Waals surface area contributed by atoms with Crippen molar-refractivity contribution in [1.82, 2.24) is 15.6 Å². The maximum Gasteiger partial charge on any atom is 0.254 e. The number of halogens is 2. The Kier molecular flexibility index (Phi) is 4.70. The summed E-state index contributed by atoms with van der Waals surface area (Å²) in [5.41, 5.74) is 0.222. The normalized spacial score (nSPS) is 9.69. The highest BCUT2D eigenvalue weighted by molar-refractivity contribution is 9.10. The second-order valence-corrected chi connectivity index (χ2v) is 4.12. The fourth-order valence-electron chi connectivity index (χ4n) is 0.926. The van der Waals surface area contributed by atoms with E-state index in [0.29, 0.717) is 4.47 Å². The van der Waals surface area contributed by atoms with Crippen LogP contribution in [0.4, 0.5) is 0 Å². The molecule has 0 unspecified atom stereocenters. The number of carbonyl (C=O) groups is 2. The third-order valence-corrected chi connectivity index (χ3v) is 2.47. The molecule has 1 aromatic rings. The van der Waals surface area contributed by atoms with Gasteiger partial charge in [0.25, 0.3) is 5.91 Å². The van der Waals surface area contributed by atoms with Gasteiger partial charge in [-0.1, -0.05) is 11.6 Å². The number of pyridine rings is 1. The van der Waals surface area contributed by atoms with Crippen molar-refractivity contribution in [3.63, 3.8) is 0 Å². The molecule has 0 radical (unpaired) electrons. The third-order valence-electron chi connectivity index (χ3n) is 1.74. The fourth-order valence-corrected chi connectivity index (χ4v) is 1.45. The van der Waals surface area contributed by atoms with E-state index in [0.717, 1.165) is 0 Å². The Morgan fingerprint density at radius 2 is 2.25 bits per heavy atom. The molecule has 0 bridgehead atoms. The Labute approximate surface area is 106 Å². The molecular weight excluding hydrogens is 297 g/mol. The van der Waals surface area contributed by atoms with E-state index < -0.39 is 5.91 Å².